The van der Waals surface area contributed by atoms with Gasteiger partial charge >= 0.3 is 0 Å². The molecule has 0 aromatic rings. The van der Waals surface area contributed by atoms with Gasteiger partial charge in [0.25, 0.3) is 0 Å². The molecule has 0 spiro atoms. The lowest BCUT2D eigenvalue weighted by molar-refractivity contribution is 0.111. The van der Waals surface area contributed by atoms with Crippen molar-refractivity contribution < 1.29 is 10.2 Å². The Morgan fingerprint density at radius 1 is 1.03 bits per heavy atom. The molecule has 4 unspecified atom stereocenters. The van der Waals surface area contributed by atoms with Crippen LogP contribution in [0.15, 0.2) is 47.6 Å². The summed E-state index contributed by atoms with van der Waals surface area (Å²) in [6.45, 7) is 9.02. The van der Waals surface area contributed by atoms with Gasteiger partial charge in [0.15, 0.2) is 0 Å². The smallest absolute Gasteiger partial charge is 0.0787 e. The quantitative estimate of drug-likeness (QED) is 0.550. The summed E-state index contributed by atoms with van der Waals surface area (Å²) in [5.74, 6) is 2.45. The number of fused-ring (bicyclic) bond motifs is 1. The third kappa shape index (κ3) is 4.35. The zero-order valence-corrected chi connectivity index (χ0v) is 18.4. The highest BCUT2D eigenvalue weighted by Crippen LogP contribution is 2.59. The molecule has 4 aliphatic carbocycles. The fourth-order valence-electron chi connectivity index (χ4n) is 6.59. The molecule has 0 bridgehead atoms. The SMILES string of the molecule is C=C1/C(=C\C=C2/CCCC3(C)C2CCC3[C@H](C)/C=C/[C@@H](O)C2CC2)CCCC1O. The molecule has 0 amide bonds. The average molecular weight is 397 g/mol. The first kappa shape index (κ1) is 21.1. The highest BCUT2D eigenvalue weighted by atomic mass is 16.3. The molecule has 29 heavy (non-hydrogen) atoms. The van der Waals surface area contributed by atoms with Gasteiger partial charge in [0.05, 0.1) is 12.2 Å². The van der Waals surface area contributed by atoms with Gasteiger partial charge < -0.3 is 10.2 Å². The lowest BCUT2D eigenvalue weighted by Gasteiger charge is -2.44. The van der Waals surface area contributed by atoms with Gasteiger partial charge in [-0.25, -0.2) is 0 Å². The molecular weight excluding hydrogens is 356 g/mol. The molecule has 4 saturated carbocycles. The molecule has 0 aliphatic heterocycles. The van der Waals surface area contributed by atoms with E-state index in [1.165, 1.54) is 50.5 Å². The first-order chi connectivity index (χ1) is 13.9. The summed E-state index contributed by atoms with van der Waals surface area (Å²) in [7, 11) is 0. The topological polar surface area (TPSA) is 40.5 Å². The van der Waals surface area contributed by atoms with E-state index in [0.717, 1.165) is 24.8 Å². The van der Waals surface area contributed by atoms with Crippen LogP contribution in [0.2, 0.25) is 0 Å². The van der Waals surface area contributed by atoms with Crippen molar-refractivity contribution in [3.05, 3.63) is 47.6 Å². The van der Waals surface area contributed by atoms with Crippen molar-refractivity contribution in [3.8, 4) is 0 Å². The summed E-state index contributed by atoms with van der Waals surface area (Å²) in [4.78, 5) is 0. The monoisotopic (exact) mass is 396 g/mol. The predicted octanol–water partition coefficient (Wildman–Crippen LogP) is 6.12. The van der Waals surface area contributed by atoms with Crippen LogP contribution < -0.4 is 0 Å². The molecule has 2 N–H and O–H groups in total. The Hall–Kier alpha value is -1.12. The fraction of sp³-hybridized carbons (Fsp3) is 0.704. The van der Waals surface area contributed by atoms with Crippen LogP contribution in [0.1, 0.15) is 78.1 Å². The Bertz CT molecular complexity index is 710. The summed E-state index contributed by atoms with van der Waals surface area (Å²) < 4.78 is 0. The lowest BCUT2D eigenvalue weighted by atomic mass is 9.61. The number of rotatable bonds is 5. The fourth-order valence-corrected chi connectivity index (χ4v) is 6.59. The van der Waals surface area contributed by atoms with Gasteiger partial charge in [0.2, 0.25) is 0 Å². The standard InChI is InChI=1S/C27H40O2/c1-18(9-16-26(29)22-12-13-22)23-14-15-24-21(7-5-17-27(23,24)3)11-10-20-6-4-8-25(28)19(20)2/h9-11,16,18,22-26,28-29H,2,4-8,12-15,17H2,1,3H3/b16-9+,20-10-,21-11+/t18-,23?,24?,25?,26-,27?/m1/s1. The van der Waals surface area contributed by atoms with Crippen molar-refractivity contribution in [1.29, 1.82) is 0 Å². The molecule has 0 aromatic heterocycles. The summed E-state index contributed by atoms with van der Waals surface area (Å²) in [5, 5.41) is 20.3. The maximum Gasteiger partial charge on any atom is 0.0787 e. The van der Waals surface area contributed by atoms with Crippen LogP contribution in [-0.4, -0.2) is 22.4 Å². The molecule has 2 heteroatoms. The first-order valence-electron chi connectivity index (χ1n) is 12.0. The van der Waals surface area contributed by atoms with Crippen molar-refractivity contribution in [2.75, 3.05) is 0 Å². The van der Waals surface area contributed by atoms with Crippen LogP contribution in [-0.2, 0) is 0 Å². The zero-order valence-electron chi connectivity index (χ0n) is 18.4. The number of hydrogen-bond acceptors (Lipinski definition) is 2. The summed E-state index contributed by atoms with van der Waals surface area (Å²) in [6.07, 6.45) is 20.3. The Kier molecular flexibility index (Phi) is 6.23. The molecule has 4 rings (SSSR count). The first-order valence-corrected chi connectivity index (χ1v) is 12.0. The van der Waals surface area contributed by atoms with Gasteiger partial charge in [0, 0.05) is 0 Å². The van der Waals surface area contributed by atoms with Crippen LogP contribution in [0.3, 0.4) is 0 Å². The van der Waals surface area contributed by atoms with E-state index in [9.17, 15) is 10.2 Å². The third-order valence-corrected chi connectivity index (χ3v) is 8.63. The Balaban J connectivity index is 1.47. The number of aliphatic hydroxyl groups excluding tert-OH is 2. The van der Waals surface area contributed by atoms with E-state index < -0.39 is 0 Å². The molecule has 4 fully saturated rings. The largest absolute Gasteiger partial charge is 0.389 e. The Morgan fingerprint density at radius 3 is 2.59 bits per heavy atom. The zero-order chi connectivity index (χ0) is 20.6. The van der Waals surface area contributed by atoms with Crippen molar-refractivity contribution in [3.63, 3.8) is 0 Å². The van der Waals surface area contributed by atoms with E-state index in [0.29, 0.717) is 29.1 Å². The molecule has 0 radical (unpaired) electrons. The molecule has 0 saturated heterocycles. The van der Waals surface area contributed by atoms with E-state index in [1.54, 1.807) is 5.57 Å². The van der Waals surface area contributed by atoms with E-state index in [4.69, 9.17) is 0 Å². The number of aliphatic hydroxyl groups is 2. The Labute approximate surface area is 177 Å². The molecule has 6 atom stereocenters. The average Bonchev–Trinajstić information content (AvgIpc) is 3.48. The second kappa shape index (κ2) is 8.55. The van der Waals surface area contributed by atoms with Crippen LogP contribution in [0.25, 0.3) is 0 Å². The molecular formula is C27H40O2. The summed E-state index contributed by atoms with van der Waals surface area (Å²) in [5.41, 5.74) is 4.18. The minimum absolute atomic E-state index is 0.227. The number of allylic oxidation sites excluding steroid dienone is 4. The van der Waals surface area contributed by atoms with Gasteiger partial charge in [-0.15, -0.1) is 0 Å². The molecule has 4 aliphatic rings. The van der Waals surface area contributed by atoms with E-state index in [2.05, 4.69) is 44.7 Å². The van der Waals surface area contributed by atoms with E-state index >= 15 is 0 Å². The van der Waals surface area contributed by atoms with Gasteiger partial charge in [-0.05, 0) is 104 Å². The van der Waals surface area contributed by atoms with Gasteiger partial charge in [-0.2, -0.15) is 0 Å². The summed E-state index contributed by atoms with van der Waals surface area (Å²) in [6, 6.07) is 0. The maximum atomic E-state index is 10.2. The van der Waals surface area contributed by atoms with Crippen molar-refractivity contribution in [2.45, 2.75) is 90.3 Å². The number of hydrogen-bond donors (Lipinski definition) is 2. The van der Waals surface area contributed by atoms with Crippen LogP contribution in [0, 0.1) is 29.1 Å². The van der Waals surface area contributed by atoms with Crippen LogP contribution in [0.5, 0.6) is 0 Å². The van der Waals surface area contributed by atoms with Crippen molar-refractivity contribution in [2.24, 2.45) is 29.1 Å². The second-order valence-corrected chi connectivity index (χ2v) is 10.5. The van der Waals surface area contributed by atoms with Crippen molar-refractivity contribution >= 4 is 0 Å². The normalized spacial score (nSPS) is 40.6. The summed E-state index contributed by atoms with van der Waals surface area (Å²) >= 11 is 0. The molecule has 0 heterocycles. The Morgan fingerprint density at radius 2 is 1.83 bits per heavy atom. The minimum Gasteiger partial charge on any atom is -0.389 e. The van der Waals surface area contributed by atoms with Crippen LogP contribution >= 0.6 is 0 Å². The third-order valence-electron chi connectivity index (χ3n) is 8.63. The lowest BCUT2D eigenvalue weighted by Crippen LogP contribution is -2.35. The molecule has 160 valence electrons. The van der Waals surface area contributed by atoms with Gasteiger partial charge in [-0.3, -0.25) is 0 Å². The second-order valence-electron chi connectivity index (χ2n) is 10.5. The van der Waals surface area contributed by atoms with Gasteiger partial charge in [0.1, 0.15) is 0 Å². The highest BCUT2D eigenvalue weighted by Gasteiger charge is 2.50. The predicted molar refractivity (Wildman–Crippen MR) is 120 cm³/mol. The van der Waals surface area contributed by atoms with E-state index in [1.807, 2.05) is 0 Å². The maximum absolute atomic E-state index is 10.2. The minimum atomic E-state index is -0.348. The van der Waals surface area contributed by atoms with Crippen molar-refractivity contribution in [1.82, 2.24) is 0 Å². The van der Waals surface area contributed by atoms with E-state index in [-0.39, 0.29) is 12.2 Å². The highest BCUT2D eigenvalue weighted by molar-refractivity contribution is 5.37. The van der Waals surface area contributed by atoms with Gasteiger partial charge in [-0.1, -0.05) is 50.3 Å². The molecule has 2 nitrogen and oxygen atoms in total. The van der Waals surface area contributed by atoms with Crippen LogP contribution in [0.4, 0.5) is 0 Å². The molecule has 0 aromatic carbocycles.